The first-order chi connectivity index (χ1) is 18.5. The van der Waals surface area contributed by atoms with E-state index in [9.17, 15) is 4.79 Å². The minimum absolute atomic E-state index is 0.292. The van der Waals surface area contributed by atoms with Crippen LogP contribution in [0.15, 0.2) is 76.0 Å². The predicted octanol–water partition coefficient (Wildman–Crippen LogP) is 6.28. The number of aliphatic imine (C=N–C) groups is 1. The van der Waals surface area contributed by atoms with Gasteiger partial charge in [0.05, 0.1) is 16.1 Å². The maximum Gasteiger partial charge on any atom is 0.233 e. The number of hydrogen-bond acceptors (Lipinski definition) is 5. The highest BCUT2D eigenvalue weighted by atomic mass is 79.9. The Morgan fingerprint density at radius 1 is 1.24 bits per heavy atom. The van der Waals surface area contributed by atoms with Crippen LogP contribution in [0.4, 0.5) is 5.82 Å². The molecule has 38 heavy (non-hydrogen) atoms. The number of likely N-dealkylation sites (tertiary alicyclic amines) is 1. The largest absolute Gasteiger partial charge is 0.366 e. The molecule has 2 aliphatic rings. The van der Waals surface area contributed by atoms with Crippen LogP contribution in [0.3, 0.4) is 0 Å². The molecule has 0 radical (unpaired) electrons. The van der Waals surface area contributed by atoms with E-state index in [4.69, 9.17) is 4.98 Å². The zero-order chi connectivity index (χ0) is 26.5. The number of benzene rings is 1. The Labute approximate surface area is 232 Å². The van der Waals surface area contributed by atoms with Crippen molar-refractivity contribution in [2.45, 2.75) is 56.8 Å². The van der Waals surface area contributed by atoms with E-state index in [2.05, 4.69) is 80.2 Å². The lowest BCUT2D eigenvalue weighted by Crippen LogP contribution is -2.48. The summed E-state index contributed by atoms with van der Waals surface area (Å²) in [5, 5.41) is 8.03. The van der Waals surface area contributed by atoms with Gasteiger partial charge < -0.3 is 10.2 Å². The molecule has 1 aliphatic heterocycles. The number of nitrogens with one attached hydrogen (secondary N) is 1. The Morgan fingerprint density at radius 3 is 2.68 bits per heavy atom. The Hall–Kier alpha value is -3.26. The summed E-state index contributed by atoms with van der Waals surface area (Å²) in [6.07, 6.45) is 13.3. The third kappa shape index (κ3) is 5.32. The number of halogens is 1. The van der Waals surface area contributed by atoms with Crippen molar-refractivity contribution < 1.29 is 4.79 Å². The molecule has 5 rings (SSSR count). The predicted molar refractivity (Wildman–Crippen MR) is 157 cm³/mol. The first-order valence-electron chi connectivity index (χ1n) is 13.4. The van der Waals surface area contributed by atoms with Crippen molar-refractivity contribution in [3.05, 3.63) is 82.3 Å². The van der Waals surface area contributed by atoms with Gasteiger partial charge in [0.25, 0.3) is 0 Å². The van der Waals surface area contributed by atoms with Crippen molar-refractivity contribution in [2.75, 3.05) is 25.0 Å². The highest BCUT2D eigenvalue weighted by Crippen LogP contribution is 2.43. The van der Waals surface area contributed by atoms with Crippen LogP contribution in [0.25, 0.3) is 5.65 Å². The summed E-state index contributed by atoms with van der Waals surface area (Å²) < 4.78 is 2.71. The molecule has 1 saturated carbocycles. The van der Waals surface area contributed by atoms with E-state index in [0.29, 0.717) is 18.4 Å². The van der Waals surface area contributed by atoms with Crippen LogP contribution in [0, 0.1) is 0 Å². The van der Waals surface area contributed by atoms with Crippen LogP contribution in [0.2, 0.25) is 0 Å². The van der Waals surface area contributed by atoms with Gasteiger partial charge in [-0.3, -0.25) is 9.79 Å². The molecule has 7 nitrogen and oxygen atoms in total. The van der Waals surface area contributed by atoms with Crippen LogP contribution < -0.4 is 5.32 Å². The van der Waals surface area contributed by atoms with Gasteiger partial charge in [-0.05, 0) is 66.9 Å². The molecule has 0 spiro atoms. The molecule has 0 atom stereocenters. The molecule has 0 bridgehead atoms. The van der Waals surface area contributed by atoms with E-state index >= 15 is 0 Å². The second kappa shape index (κ2) is 11.6. The molecule has 3 heterocycles. The molecule has 2 fully saturated rings. The lowest BCUT2D eigenvalue weighted by Gasteiger charge is -2.38. The number of anilines is 1. The van der Waals surface area contributed by atoms with E-state index in [0.717, 1.165) is 78.8 Å². The zero-order valence-corrected chi connectivity index (χ0v) is 23.5. The highest BCUT2D eigenvalue weighted by molar-refractivity contribution is 9.10. The zero-order valence-electron chi connectivity index (χ0n) is 21.9. The Balaban J connectivity index is 1.32. The van der Waals surface area contributed by atoms with Gasteiger partial charge >= 0.3 is 0 Å². The lowest BCUT2D eigenvalue weighted by molar-refractivity contribution is -0.138. The van der Waals surface area contributed by atoms with Gasteiger partial charge in [-0.2, -0.15) is 9.61 Å². The average Bonchev–Trinajstić information content (AvgIpc) is 3.60. The second-order valence-electron chi connectivity index (χ2n) is 10.4. The Kier molecular flexibility index (Phi) is 8.07. The number of carbonyl (C=O) groups excluding carboxylic acids is 1. The highest BCUT2D eigenvalue weighted by Gasteiger charge is 2.45. The number of piperidine rings is 1. The summed E-state index contributed by atoms with van der Waals surface area (Å²) in [6.45, 7) is 7.73. The standard InChI is InChI=1S/C30H35BrN6O/c1-22(9-8-16-32-2)20-33-27-19-26(35-28-25(31)21-34-37(27)28)23-12-17-36(18-13-23)29(38)30(14-6-7-15-30)24-10-4-3-5-11-24/h3-5,8-11,16,19,21,23,33H,2,6-7,12-15,17-18,20H2,1H3/b16-8-,22-9+. The molecule has 1 aliphatic carbocycles. The molecule has 2 aromatic heterocycles. The van der Waals surface area contributed by atoms with Gasteiger partial charge in [-0.15, -0.1) is 0 Å². The number of amides is 1. The molecule has 198 valence electrons. The summed E-state index contributed by atoms with van der Waals surface area (Å²) in [6, 6.07) is 12.5. The number of aromatic nitrogens is 3. The fraction of sp³-hybridized carbons (Fsp3) is 0.400. The number of nitrogens with zero attached hydrogens (tertiary/aromatic N) is 5. The molecule has 1 amide bonds. The second-order valence-corrected chi connectivity index (χ2v) is 11.3. The summed E-state index contributed by atoms with van der Waals surface area (Å²) in [5.41, 5.74) is 3.83. The smallest absolute Gasteiger partial charge is 0.233 e. The molecular formula is C30H35BrN6O. The van der Waals surface area contributed by atoms with Gasteiger partial charge in [-0.1, -0.05) is 54.8 Å². The van der Waals surface area contributed by atoms with Crippen molar-refractivity contribution in [1.82, 2.24) is 19.5 Å². The van der Waals surface area contributed by atoms with Gasteiger partial charge in [0, 0.05) is 43.5 Å². The van der Waals surface area contributed by atoms with Crippen molar-refractivity contribution in [1.29, 1.82) is 0 Å². The maximum atomic E-state index is 13.9. The number of carbonyl (C=O) groups is 1. The summed E-state index contributed by atoms with van der Waals surface area (Å²) >= 11 is 3.61. The average molecular weight is 576 g/mol. The minimum atomic E-state index is -0.354. The fourth-order valence-corrected chi connectivity index (χ4v) is 6.24. The van der Waals surface area contributed by atoms with Crippen molar-refractivity contribution in [3.63, 3.8) is 0 Å². The van der Waals surface area contributed by atoms with Crippen LogP contribution in [0.5, 0.6) is 0 Å². The van der Waals surface area contributed by atoms with E-state index in [1.807, 2.05) is 22.7 Å². The van der Waals surface area contributed by atoms with Crippen molar-refractivity contribution >= 4 is 40.0 Å². The summed E-state index contributed by atoms with van der Waals surface area (Å²) in [5.74, 6) is 1.51. The molecule has 1 saturated heterocycles. The SMILES string of the molecule is C=N/C=C\C=C(/C)CNc1cc(C2CCN(C(=O)C3(c4ccccc4)CCCC3)CC2)nc2c(Br)cnn12. The molecule has 3 aromatic rings. The van der Waals surface area contributed by atoms with Crippen molar-refractivity contribution in [2.24, 2.45) is 4.99 Å². The van der Waals surface area contributed by atoms with Crippen LogP contribution in [-0.4, -0.2) is 51.8 Å². The van der Waals surface area contributed by atoms with E-state index < -0.39 is 0 Å². The summed E-state index contributed by atoms with van der Waals surface area (Å²) in [7, 11) is 0. The number of rotatable bonds is 8. The minimum Gasteiger partial charge on any atom is -0.366 e. The topological polar surface area (TPSA) is 74.9 Å². The van der Waals surface area contributed by atoms with Gasteiger partial charge in [0.1, 0.15) is 5.82 Å². The fourth-order valence-electron chi connectivity index (χ4n) is 5.89. The first-order valence-corrected chi connectivity index (χ1v) is 14.2. The van der Waals surface area contributed by atoms with Gasteiger partial charge in [0.15, 0.2) is 5.65 Å². The Bertz CT molecular complexity index is 1350. The third-order valence-corrected chi connectivity index (χ3v) is 8.52. The quantitative estimate of drug-likeness (QED) is 0.253. The van der Waals surface area contributed by atoms with Crippen LogP contribution >= 0.6 is 15.9 Å². The van der Waals surface area contributed by atoms with Crippen LogP contribution in [0.1, 0.15) is 62.6 Å². The number of allylic oxidation sites excluding steroid dienone is 2. The van der Waals surface area contributed by atoms with Gasteiger partial charge in [0.2, 0.25) is 5.91 Å². The van der Waals surface area contributed by atoms with Gasteiger partial charge in [-0.25, -0.2) is 4.98 Å². The normalized spacial score (nSPS) is 18.4. The monoisotopic (exact) mass is 574 g/mol. The van der Waals surface area contributed by atoms with E-state index in [1.54, 1.807) is 12.4 Å². The lowest BCUT2D eigenvalue weighted by atomic mass is 9.77. The van der Waals surface area contributed by atoms with E-state index in [1.165, 1.54) is 5.56 Å². The van der Waals surface area contributed by atoms with Crippen LogP contribution in [-0.2, 0) is 10.2 Å². The molecule has 0 unspecified atom stereocenters. The molecule has 8 heteroatoms. The molecule has 1 N–H and O–H groups in total. The third-order valence-electron chi connectivity index (χ3n) is 7.96. The van der Waals surface area contributed by atoms with E-state index in [-0.39, 0.29) is 5.41 Å². The number of hydrogen-bond donors (Lipinski definition) is 1. The maximum absolute atomic E-state index is 13.9. The Morgan fingerprint density at radius 2 is 1.97 bits per heavy atom. The first kappa shape index (κ1) is 26.4. The molecular weight excluding hydrogens is 540 g/mol. The molecule has 1 aromatic carbocycles. The number of fused-ring (bicyclic) bond motifs is 1. The van der Waals surface area contributed by atoms with Crippen molar-refractivity contribution in [3.8, 4) is 0 Å². The summed E-state index contributed by atoms with van der Waals surface area (Å²) in [4.78, 5) is 24.7.